The highest BCUT2D eigenvalue weighted by Gasteiger charge is 2.14. The van der Waals surface area contributed by atoms with Crippen molar-refractivity contribution in [1.29, 1.82) is 0 Å². The Hall–Kier alpha value is -3.03. The van der Waals surface area contributed by atoms with Crippen LogP contribution >= 0.6 is 0 Å². The van der Waals surface area contributed by atoms with Crippen LogP contribution in [0.5, 0.6) is 0 Å². The molecular weight excluding hydrogens is 276 g/mol. The van der Waals surface area contributed by atoms with Gasteiger partial charge in [0, 0.05) is 29.9 Å². The Morgan fingerprint density at radius 1 is 1.14 bits per heavy atom. The van der Waals surface area contributed by atoms with E-state index in [0.29, 0.717) is 16.9 Å². The molecular formula is C13H12N4O4. The van der Waals surface area contributed by atoms with Gasteiger partial charge >= 0.3 is 0 Å². The van der Waals surface area contributed by atoms with E-state index in [1.54, 1.807) is 25.1 Å². The van der Waals surface area contributed by atoms with E-state index in [-0.39, 0.29) is 17.9 Å². The van der Waals surface area contributed by atoms with Crippen LogP contribution in [0.4, 0.5) is 17.2 Å². The third-order valence-electron chi connectivity index (χ3n) is 2.92. The molecule has 2 aromatic rings. The Balaban J connectivity index is 2.19. The number of para-hydroxylation sites is 1. The molecule has 1 N–H and O–H groups in total. The first-order chi connectivity index (χ1) is 9.99. The van der Waals surface area contributed by atoms with Crippen LogP contribution in [0.1, 0.15) is 11.1 Å². The van der Waals surface area contributed by atoms with Gasteiger partial charge in [-0.3, -0.25) is 20.2 Å². The maximum Gasteiger partial charge on any atom is 0.277 e. The predicted octanol–water partition coefficient (Wildman–Crippen LogP) is 2.82. The van der Waals surface area contributed by atoms with Crippen molar-refractivity contribution in [2.45, 2.75) is 13.5 Å². The number of hydrogen-bond donors (Lipinski definition) is 1. The quantitative estimate of drug-likeness (QED) is 0.668. The topological polar surface area (TPSA) is 111 Å². The largest absolute Gasteiger partial charge is 0.366 e. The summed E-state index contributed by atoms with van der Waals surface area (Å²) < 4.78 is 0. The number of aromatic nitrogens is 1. The van der Waals surface area contributed by atoms with Crippen molar-refractivity contribution < 1.29 is 9.85 Å². The summed E-state index contributed by atoms with van der Waals surface area (Å²) in [7, 11) is 0. The molecule has 0 saturated heterocycles. The van der Waals surface area contributed by atoms with Crippen LogP contribution in [0.2, 0.25) is 0 Å². The number of benzene rings is 1. The van der Waals surface area contributed by atoms with Crippen molar-refractivity contribution in [1.82, 2.24) is 4.98 Å². The normalized spacial score (nSPS) is 10.1. The minimum Gasteiger partial charge on any atom is -0.366 e. The van der Waals surface area contributed by atoms with Gasteiger partial charge in [0.1, 0.15) is 5.82 Å². The lowest BCUT2D eigenvalue weighted by atomic mass is 10.2. The van der Waals surface area contributed by atoms with Gasteiger partial charge < -0.3 is 5.32 Å². The first-order valence-electron chi connectivity index (χ1n) is 6.06. The number of rotatable bonds is 5. The number of pyridine rings is 1. The summed E-state index contributed by atoms with van der Waals surface area (Å²) in [5.74, 6) is 0.297. The second-order valence-electron chi connectivity index (χ2n) is 4.35. The average molecular weight is 288 g/mol. The van der Waals surface area contributed by atoms with Crippen molar-refractivity contribution in [3.63, 3.8) is 0 Å². The Morgan fingerprint density at radius 2 is 1.81 bits per heavy atom. The second-order valence-corrected chi connectivity index (χ2v) is 4.35. The highest BCUT2D eigenvalue weighted by molar-refractivity contribution is 5.50. The van der Waals surface area contributed by atoms with E-state index in [0.717, 1.165) is 0 Å². The number of aryl methyl sites for hydroxylation is 1. The summed E-state index contributed by atoms with van der Waals surface area (Å²) in [5.41, 5.74) is 0.880. The molecule has 0 spiro atoms. The van der Waals surface area contributed by atoms with E-state index in [1.165, 1.54) is 18.3 Å². The van der Waals surface area contributed by atoms with E-state index in [9.17, 15) is 20.2 Å². The van der Waals surface area contributed by atoms with Gasteiger partial charge in [-0.25, -0.2) is 4.98 Å². The molecule has 8 nitrogen and oxygen atoms in total. The SMILES string of the molecule is Cc1cnc(NCc2ccccc2[N+](=O)[O-])cc1[N+](=O)[O-]. The van der Waals surface area contributed by atoms with Gasteiger partial charge in [-0.1, -0.05) is 18.2 Å². The number of hydrogen-bond acceptors (Lipinski definition) is 6. The summed E-state index contributed by atoms with van der Waals surface area (Å²) >= 11 is 0. The molecule has 0 atom stereocenters. The van der Waals surface area contributed by atoms with Gasteiger partial charge in [0.05, 0.1) is 15.9 Å². The van der Waals surface area contributed by atoms with Crippen molar-refractivity contribution in [2.24, 2.45) is 0 Å². The molecule has 0 aliphatic carbocycles. The Kier molecular flexibility index (Phi) is 4.07. The van der Waals surface area contributed by atoms with Gasteiger partial charge in [-0.15, -0.1) is 0 Å². The third kappa shape index (κ3) is 3.30. The molecule has 1 aromatic heterocycles. The van der Waals surface area contributed by atoms with Gasteiger partial charge in [-0.2, -0.15) is 0 Å². The Bertz CT molecular complexity index is 702. The maximum atomic E-state index is 10.9. The third-order valence-corrected chi connectivity index (χ3v) is 2.92. The summed E-state index contributed by atoms with van der Waals surface area (Å²) in [4.78, 5) is 24.8. The van der Waals surface area contributed by atoms with Crippen LogP contribution in [-0.4, -0.2) is 14.8 Å². The minimum atomic E-state index is -0.493. The number of nitro groups is 2. The van der Waals surface area contributed by atoms with Crippen molar-refractivity contribution in [2.75, 3.05) is 5.32 Å². The van der Waals surface area contributed by atoms with E-state index in [4.69, 9.17) is 0 Å². The highest BCUT2D eigenvalue weighted by Crippen LogP contribution is 2.22. The van der Waals surface area contributed by atoms with Crippen molar-refractivity contribution in [3.8, 4) is 0 Å². The monoisotopic (exact) mass is 288 g/mol. The van der Waals surface area contributed by atoms with Crippen molar-refractivity contribution in [3.05, 3.63) is 67.9 Å². The number of anilines is 1. The Morgan fingerprint density at radius 3 is 2.48 bits per heavy atom. The number of nitro benzene ring substituents is 1. The maximum absolute atomic E-state index is 10.9. The van der Waals surface area contributed by atoms with Gasteiger partial charge in [0.2, 0.25) is 0 Å². The molecule has 0 unspecified atom stereocenters. The molecule has 2 rings (SSSR count). The predicted molar refractivity (Wildman–Crippen MR) is 76.1 cm³/mol. The van der Waals surface area contributed by atoms with Gasteiger partial charge in [-0.05, 0) is 6.92 Å². The summed E-state index contributed by atoms with van der Waals surface area (Å²) in [6.07, 6.45) is 1.39. The van der Waals surface area contributed by atoms with Crippen LogP contribution in [0.15, 0.2) is 36.5 Å². The molecule has 8 heteroatoms. The van der Waals surface area contributed by atoms with Crippen LogP contribution in [-0.2, 0) is 6.54 Å². The standard InChI is InChI=1S/C13H12N4O4/c1-9-7-14-13(6-12(9)17(20)21)15-8-10-4-2-3-5-11(10)16(18)19/h2-7H,8H2,1H3,(H,14,15). The molecule has 108 valence electrons. The van der Waals surface area contributed by atoms with E-state index in [2.05, 4.69) is 10.3 Å². The van der Waals surface area contributed by atoms with E-state index in [1.807, 2.05) is 0 Å². The smallest absolute Gasteiger partial charge is 0.277 e. The molecule has 0 aliphatic heterocycles. The van der Waals surface area contributed by atoms with Crippen LogP contribution in [0.25, 0.3) is 0 Å². The first kappa shape index (κ1) is 14.4. The van der Waals surface area contributed by atoms with Crippen LogP contribution < -0.4 is 5.32 Å². The van der Waals surface area contributed by atoms with Gasteiger partial charge in [0.15, 0.2) is 0 Å². The van der Waals surface area contributed by atoms with Gasteiger partial charge in [0.25, 0.3) is 11.4 Å². The zero-order valence-corrected chi connectivity index (χ0v) is 11.1. The lowest BCUT2D eigenvalue weighted by molar-refractivity contribution is -0.385. The lowest BCUT2D eigenvalue weighted by Crippen LogP contribution is -2.05. The number of nitrogens with zero attached hydrogens (tertiary/aromatic N) is 3. The fraction of sp³-hybridized carbons (Fsp3) is 0.154. The molecule has 1 aromatic carbocycles. The van der Waals surface area contributed by atoms with E-state index >= 15 is 0 Å². The van der Waals surface area contributed by atoms with Crippen molar-refractivity contribution >= 4 is 17.2 Å². The molecule has 0 amide bonds. The fourth-order valence-corrected chi connectivity index (χ4v) is 1.83. The lowest BCUT2D eigenvalue weighted by Gasteiger charge is -2.07. The first-order valence-corrected chi connectivity index (χ1v) is 6.06. The molecule has 21 heavy (non-hydrogen) atoms. The summed E-state index contributed by atoms with van der Waals surface area (Å²) in [6.45, 7) is 1.75. The van der Waals surface area contributed by atoms with Crippen LogP contribution in [0.3, 0.4) is 0 Å². The molecule has 0 aliphatic rings. The number of nitrogens with one attached hydrogen (secondary N) is 1. The molecule has 0 fully saturated rings. The second kappa shape index (κ2) is 5.95. The molecule has 0 radical (unpaired) electrons. The molecule has 0 saturated carbocycles. The molecule has 1 heterocycles. The molecule has 0 bridgehead atoms. The fourth-order valence-electron chi connectivity index (χ4n) is 1.83. The van der Waals surface area contributed by atoms with Crippen LogP contribution in [0, 0.1) is 27.2 Å². The zero-order valence-electron chi connectivity index (χ0n) is 11.1. The average Bonchev–Trinajstić information content (AvgIpc) is 2.46. The summed E-state index contributed by atoms with van der Waals surface area (Å²) in [6, 6.07) is 7.60. The zero-order chi connectivity index (χ0) is 15.4. The van der Waals surface area contributed by atoms with E-state index < -0.39 is 9.85 Å². The Labute approximate surface area is 119 Å². The minimum absolute atomic E-state index is 0.00777. The highest BCUT2D eigenvalue weighted by atomic mass is 16.6. The summed E-state index contributed by atoms with van der Waals surface area (Å²) in [5, 5.41) is 24.6.